The van der Waals surface area contributed by atoms with Crippen molar-refractivity contribution in [3.05, 3.63) is 48.5 Å². The van der Waals surface area contributed by atoms with Gasteiger partial charge in [0.15, 0.2) is 0 Å². The van der Waals surface area contributed by atoms with E-state index in [1.807, 2.05) is 0 Å². The molecule has 9 heteroatoms. The number of anilines is 2. The van der Waals surface area contributed by atoms with Gasteiger partial charge in [0.1, 0.15) is 0 Å². The van der Waals surface area contributed by atoms with E-state index in [0.717, 1.165) is 39.0 Å². The second-order valence-electron chi connectivity index (χ2n) is 17.5. The number of carbonyl (C=O) groups is 2. The summed E-state index contributed by atoms with van der Waals surface area (Å²) in [4.78, 5) is 25.3. The summed E-state index contributed by atoms with van der Waals surface area (Å²) in [6.45, 7) is 8.15. The molecule has 2 aromatic carbocycles. The van der Waals surface area contributed by atoms with Gasteiger partial charge in [0.05, 0.1) is 9.79 Å². The SMILES string of the molecule is CCCCCCCCCCCCCCCCNCCCC(=O)Nc1ccc(S(=O)(=O)c2ccc(NC(=O)CCCNCCCCCCCCCCCCCCCC)cc2)cc1. The van der Waals surface area contributed by atoms with E-state index in [-0.39, 0.29) is 21.6 Å². The molecule has 0 saturated heterocycles. The van der Waals surface area contributed by atoms with Crippen molar-refractivity contribution in [1.29, 1.82) is 0 Å². The summed E-state index contributed by atoms with van der Waals surface area (Å²) >= 11 is 0. The van der Waals surface area contributed by atoms with E-state index in [4.69, 9.17) is 0 Å². The Balaban J connectivity index is 1.47. The normalized spacial score (nSPS) is 11.6. The van der Waals surface area contributed by atoms with E-state index >= 15 is 0 Å². The number of benzene rings is 2. The van der Waals surface area contributed by atoms with Crippen LogP contribution in [0, 0.1) is 0 Å². The molecule has 0 aliphatic carbocycles. The molecule has 0 aromatic heterocycles. The van der Waals surface area contributed by atoms with Gasteiger partial charge in [-0.15, -0.1) is 0 Å². The first-order chi connectivity index (χ1) is 29.9. The van der Waals surface area contributed by atoms with Crippen LogP contribution in [0.2, 0.25) is 0 Å². The zero-order valence-electron chi connectivity index (χ0n) is 39.1. The summed E-state index contributed by atoms with van der Waals surface area (Å²) in [5.74, 6) is -0.161. The third kappa shape index (κ3) is 29.3. The Kier molecular flexibility index (Phi) is 33.7. The highest BCUT2D eigenvalue weighted by Gasteiger charge is 2.18. The first-order valence-electron chi connectivity index (χ1n) is 25.3. The van der Waals surface area contributed by atoms with Crippen LogP contribution in [0.5, 0.6) is 0 Å². The Morgan fingerprint density at radius 1 is 0.361 bits per heavy atom. The first kappa shape index (κ1) is 54.4. The molecule has 2 rings (SSSR count). The second-order valence-corrected chi connectivity index (χ2v) is 19.5. The number of hydrogen-bond donors (Lipinski definition) is 4. The van der Waals surface area contributed by atoms with Crippen LogP contribution in [0.25, 0.3) is 0 Å². The molecule has 0 unspecified atom stereocenters. The average Bonchev–Trinajstić information content (AvgIpc) is 3.26. The van der Waals surface area contributed by atoms with Gasteiger partial charge in [0, 0.05) is 24.2 Å². The monoisotopic (exact) mass is 867 g/mol. The van der Waals surface area contributed by atoms with Crippen molar-refractivity contribution in [2.75, 3.05) is 36.8 Å². The topological polar surface area (TPSA) is 116 Å². The molecule has 0 heterocycles. The number of carbonyl (C=O) groups excluding carboxylic acids is 2. The lowest BCUT2D eigenvalue weighted by Crippen LogP contribution is -2.19. The lowest BCUT2D eigenvalue weighted by Gasteiger charge is -2.10. The number of nitrogens with one attached hydrogen (secondary N) is 4. The van der Waals surface area contributed by atoms with Gasteiger partial charge in [0.25, 0.3) is 0 Å². The predicted molar refractivity (Wildman–Crippen MR) is 260 cm³/mol. The first-order valence-corrected chi connectivity index (χ1v) is 26.8. The van der Waals surface area contributed by atoms with Gasteiger partial charge in [-0.3, -0.25) is 9.59 Å². The molecule has 348 valence electrons. The van der Waals surface area contributed by atoms with Crippen molar-refractivity contribution >= 4 is 33.0 Å². The van der Waals surface area contributed by atoms with Crippen LogP contribution in [-0.4, -0.2) is 46.4 Å². The summed E-state index contributed by atoms with van der Waals surface area (Å²) in [5, 5.41) is 12.7. The van der Waals surface area contributed by atoms with Crippen molar-refractivity contribution in [3.63, 3.8) is 0 Å². The number of amides is 2. The molecule has 0 atom stereocenters. The van der Waals surface area contributed by atoms with E-state index in [1.165, 1.54) is 204 Å². The molecule has 0 fully saturated rings. The predicted octanol–water partition coefficient (Wildman–Crippen LogP) is 14.1. The maximum atomic E-state index is 13.3. The quantitative estimate of drug-likeness (QED) is 0.0494. The minimum absolute atomic E-state index is 0.0805. The third-order valence-corrected chi connectivity index (χ3v) is 13.6. The van der Waals surface area contributed by atoms with E-state index < -0.39 is 9.84 Å². The Morgan fingerprint density at radius 3 is 0.885 bits per heavy atom. The molecule has 0 aliphatic heterocycles. The Hall–Kier alpha value is -2.75. The highest BCUT2D eigenvalue weighted by Crippen LogP contribution is 2.24. The van der Waals surface area contributed by atoms with Crippen molar-refractivity contribution in [2.45, 2.75) is 229 Å². The zero-order chi connectivity index (χ0) is 43.9. The fourth-order valence-electron chi connectivity index (χ4n) is 7.90. The lowest BCUT2D eigenvalue weighted by molar-refractivity contribution is -0.117. The molecule has 4 N–H and O–H groups in total. The molecule has 2 aromatic rings. The van der Waals surface area contributed by atoms with Crippen molar-refractivity contribution in [3.8, 4) is 0 Å². The molecule has 8 nitrogen and oxygen atoms in total. The molecule has 0 spiro atoms. The van der Waals surface area contributed by atoms with E-state index in [1.54, 1.807) is 24.3 Å². The summed E-state index contributed by atoms with van der Waals surface area (Å²) in [6.07, 6.45) is 40.4. The summed E-state index contributed by atoms with van der Waals surface area (Å²) in [6, 6.07) is 12.6. The lowest BCUT2D eigenvalue weighted by atomic mass is 10.0. The number of sulfone groups is 1. The van der Waals surface area contributed by atoms with Crippen molar-refractivity contribution in [1.82, 2.24) is 10.6 Å². The molecule has 0 saturated carbocycles. The molecular weight excluding hydrogens is 777 g/mol. The smallest absolute Gasteiger partial charge is 0.224 e. The minimum atomic E-state index is -3.75. The van der Waals surface area contributed by atoms with Crippen LogP contribution in [0.15, 0.2) is 58.3 Å². The third-order valence-electron chi connectivity index (χ3n) is 11.8. The van der Waals surface area contributed by atoms with Crippen LogP contribution in [0.3, 0.4) is 0 Å². The van der Waals surface area contributed by atoms with Crippen molar-refractivity contribution < 1.29 is 18.0 Å². The summed E-state index contributed by atoms with van der Waals surface area (Å²) in [5.41, 5.74) is 1.14. The molecule has 0 radical (unpaired) electrons. The highest BCUT2D eigenvalue weighted by molar-refractivity contribution is 7.91. The van der Waals surface area contributed by atoms with Gasteiger partial charge in [0.2, 0.25) is 21.7 Å². The molecule has 0 bridgehead atoms. The zero-order valence-corrected chi connectivity index (χ0v) is 39.9. The van der Waals surface area contributed by atoms with Gasteiger partial charge in [-0.25, -0.2) is 8.42 Å². The van der Waals surface area contributed by atoms with Crippen molar-refractivity contribution in [2.24, 2.45) is 0 Å². The van der Waals surface area contributed by atoms with Crippen LogP contribution in [-0.2, 0) is 19.4 Å². The maximum Gasteiger partial charge on any atom is 0.224 e. The van der Waals surface area contributed by atoms with E-state index in [0.29, 0.717) is 24.2 Å². The highest BCUT2D eigenvalue weighted by atomic mass is 32.2. The average molecular weight is 867 g/mol. The Labute approximate surface area is 374 Å². The maximum absolute atomic E-state index is 13.3. The van der Waals surface area contributed by atoms with E-state index in [2.05, 4.69) is 35.1 Å². The Bertz CT molecular complexity index is 1350. The fraction of sp³-hybridized carbons (Fsp3) is 0.731. The largest absolute Gasteiger partial charge is 0.326 e. The number of unbranched alkanes of at least 4 members (excludes halogenated alkanes) is 26. The Morgan fingerprint density at radius 2 is 0.607 bits per heavy atom. The number of rotatable bonds is 42. The molecule has 2 amide bonds. The van der Waals surface area contributed by atoms with E-state index in [9.17, 15) is 18.0 Å². The van der Waals surface area contributed by atoms with Crippen LogP contribution in [0.4, 0.5) is 11.4 Å². The van der Waals surface area contributed by atoms with Gasteiger partial charge in [-0.05, 0) is 100 Å². The van der Waals surface area contributed by atoms with Crippen LogP contribution < -0.4 is 21.3 Å². The molecule has 0 aliphatic rings. The van der Waals surface area contributed by atoms with Gasteiger partial charge < -0.3 is 21.3 Å². The van der Waals surface area contributed by atoms with Gasteiger partial charge in [-0.2, -0.15) is 0 Å². The minimum Gasteiger partial charge on any atom is -0.326 e. The second kappa shape index (κ2) is 37.8. The summed E-state index contributed by atoms with van der Waals surface area (Å²) in [7, 11) is -3.75. The standard InChI is InChI=1S/C52H90N4O4S/c1-3-5-7-9-11-13-15-17-19-21-23-25-27-29-43-53-45-31-33-51(57)55-47-35-39-49(40-36-47)61(59,60)50-41-37-48(38-42-50)56-52(58)34-32-46-54-44-30-28-26-24-22-20-18-16-14-12-10-8-6-4-2/h35-42,53-54H,3-34,43-46H2,1-2H3,(H,55,57)(H,56,58). The van der Waals surface area contributed by atoms with Gasteiger partial charge >= 0.3 is 0 Å². The molecular formula is C52H90N4O4S. The fourth-order valence-corrected chi connectivity index (χ4v) is 9.17. The molecule has 61 heavy (non-hydrogen) atoms. The summed E-state index contributed by atoms with van der Waals surface area (Å²) < 4.78 is 26.6. The van der Waals surface area contributed by atoms with Gasteiger partial charge in [-0.1, -0.05) is 181 Å². The number of hydrogen-bond acceptors (Lipinski definition) is 6. The van der Waals surface area contributed by atoms with Crippen LogP contribution >= 0.6 is 0 Å². The van der Waals surface area contributed by atoms with Crippen LogP contribution in [0.1, 0.15) is 219 Å².